The lowest BCUT2D eigenvalue weighted by atomic mass is 9.99. The number of ether oxygens (including phenoxy) is 1. The van der Waals surface area contributed by atoms with Gasteiger partial charge in [-0.3, -0.25) is 9.59 Å². The quantitative estimate of drug-likeness (QED) is 0.347. The Kier molecular flexibility index (Phi) is 9.01. The second-order valence-electron chi connectivity index (χ2n) is 7.88. The first-order chi connectivity index (χ1) is 14.1. The fraction of sp³-hybridized carbons (Fsp3) is 0.565. The van der Waals surface area contributed by atoms with Crippen LogP contribution in [0.15, 0.2) is 36.1 Å². The minimum absolute atomic E-state index is 0.0132. The summed E-state index contributed by atoms with van der Waals surface area (Å²) in [6.07, 6.45) is 4.76. The van der Waals surface area contributed by atoms with Crippen LogP contribution in [0.2, 0.25) is 0 Å². The van der Waals surface area contributed by atoms with E-state index in [0.29, 0.717) is 11.3 Å². The third kappa shape index (κ3) is 7.49. The first kappa shape index (κ1) is 24.5. The molecular formula is C23H29F3O3S. The molecule has 0 bridgehead atoms. The van der Waals surface area contributed by atoms with Crippen LogP contribution in [0.1, 0.15) is 69.9 Å². The van der Waals surface area contributed by atoms with Gasteiger partial charge in [0.2, 0.25) is 5.12 Å². The molecule has 1 atom stereocenters. The summed E-state index contributed by atoms with van der Waals surface area (Å²) in [6.45, 7) is 3.93. The summed E-state index contributed by atoms with van der Waals surface area (Å²) >= 11 is 1.23. The second-order valence-corrected chi connectivity index (χ2v) is 9.38. The van der Waals surface area contributed by atoms with E-state index in [1.807, 2.05) is 6.92 Å². The van der Waals surface area contributed by atoms with Gasteiger partial charge in [-0.1, -0.05) is 69.3 Å². The maximum atomic E-state index is 12.6. The molecule has 0 radical (unpaired) electrons. The van der Waals surface area contributed by atoms with Crippen LogP contribution in [0.3, 0.4) is 0 Å². The number of hydrogen-bond acceptors (Lipinski definition) is 4. The maximum absolute atomic E-state index is 12.6. The van der Waals surface area contributed by atoms with Crippen LogP contribution in [0, 0.1) is 0 Å². The average molecular weight is 443 g/mol. The maximum Gasteiger partial charge on any atom is 0.416 e. The molecule has 3 nitrogen and oxygen atoms in total. The lowest BCUT2D eigenvalue weighted by molar-refractivity contribution is -0.137. The normalized spacial score (nSPS) is 19.1. The highest BCUT2D eigenvalue weighted by molar-refractivity contribution is 8.15. The van der Waals surface area contributed by atoms with Crippen molar-refractivity contribution in [2.45, 2.75) is 76.1 Å². The zero-order valence-electron chi connectivity index (χ0n) is 17.5. The second kappa shape index (κ2) is 11.0. The summed E-state index contributed by atoms with van der Waals surface area (Å²) in [4.78, 5) is 24.2. The first-order valence-corrected chi connectivity index (χ1v) is 11.2. The molecule has 166 valence electrons. The summed E-state index contributed by atoms with van der Waals surface area (Å²) in [5.41, 5.74) is -0.246. The van der Waals surface area contributed by atoms with Gasteiger partial charge in [0.05, 0.1) is 10.3 Å². The molecule has 0 fully saturated rings. The minimum atomic E-state index is -4.40. The number of benzene rings is 1. The molecule has 2 rings (SSSR count). The Morgan fingerprint density at radius 3 is 2.33 bits per heavy atom. The summed E-state index contributed by atoms with van der Waals surface area (Å²) < 4.78 is 43.1. The Labute approximate surface area is 180 Å². The van der Waals surface area contributed by atoms with Crippen molar-refractivity contribution in [3.05, 3.63) is 47.2 Å². The van der Waals surface area contributed by atoms with Crippen molar-refractivity contribution < 1.29 is 27.5 Å². The molecule has 1 heterocycles. The van der Waals surface area contributed by atoms with Gasteiger partial charge in [0.25, 0.3) is 0 Å². The summed E-state index contributed by atoms with van der Waals surface area (Å²) in [5.74, 6) is 0.272. The monoisotopic (exact) mass is 442 g/mol. The number of halogens is 3. The van der Waals surface area contributed by atoms with Crippen molar-refractivity contribution in [1.29, 1.82) is 0 Å². The number of thioether (sulfide) groups is 1. The van der Waals surface area contributed by atoms with Gasteiger partial charge < -0.3 is 4.74 Å². The van der Waals surface area contributed by atoms with Crippen molar-refractivity contribution in [1.82, 2.24) is 0 Å². The SMILES string of the molecule is CCCCCCCCC1(C)SC(=O)C=C1OCC(=O)Cc1ccc(C(F)(F)F)cc1. The van der Waals surface area contributed by atoms with Crippen molar-refractivity contribution in [2.24, 2.45) is 0 Å². The van der Waals surface area contributed by atoms with Crippen LogP contribution in [0.25, 0.3) is 0 Å². The van der Waals surface area contributed by atoms with E-state index in [1.54, 1.807) is 0 Å². The van der Waals surface area contributed by atoms with E-state index >= 15 is 0 Å². The fourth-order valence-corrected chi connectivity index (χ4v) is 4.50. The van der Waals surface area contributed by atoms with E-state index in [1.165, 1.54) is 55.7 Å². The zero-order chi connectivity index (χ0) is 22.2. The molecule has 1 aromatic carbocycles. The predicted molar refractivity (Wildman–Crippen MR) is 113 cm³/mol. The van der Waals surface area contributed by atoms with Crippen LogP contribution in [0.5, 0.6) is 0 Å². The molecule has 0 amide bonds. The molecule has 1 aliphatic heterocycles. The summed E-state index contributed by atoms with van der Waals surface area (Å²) in [7, 11) is 0. The fourth-order valence-electron chi connectivity index (χ4n) is 3.42. The molecule has 0 saturated heterocycles. The largest absolute Gasteiger partial charge is 0.489 e. The molecule has 0 saturated carbocycles. The Hall–Kier alpha value is -1.76. The molecular weight excluding hydrogens is 413 g/mol. The van der Waals surface area contributed by atoms with Gasteiger partial charge in [0.1, 0.15) is 12.4 Å². The third-order valence-corrected chi connectivity index (χ3v) is 6.35. The highest BCUT2D eigenvalue weighted by Gasteiger charge is 2.39. The number of ketones is 1. The summed E-state index contributed by atoms with van der Waals surface area (Å²) in [6, 6.07) is 4.54. The predicted octanol–water partition coefficient (Wildman–Crippen LogP) is 6.50. The number of alkyl halides is 3. The molecule has 1 aliphatic rings. The van der Waals surface area contributed by atoms with Crippen LogP contribution in [-0.4, -0.2) is 22.3 Å². The van der Waals surface area contributed by atoms with Crippen LogP contribution < -0.4 is 0 Å². The number of unbranched alkanes of at least 4 members (excludes halogenated alkanes) is 5. The number of carbonyl (C=O) groups excluding carboxylic acids is 2. The average Bonchev–Trinajstić information content (AvgIpc) is 2.96. The van der Waals surface area contributed by atoms with Gasteiger partial charge in [-0.2, -0.15) is 13.2 Å². The van der Waals surface area contributed by atoms with Crippen LogP contribution >= 0.6 is 11.8 Å². The number of hydrogen-bond donors (Lipinski definition) is 0. The van der Waals surface area contributed by atoms with Crippen LogP contribution in [0.4, 0.5) is 13.2 Å². The van der Waals surface area contributed by atoms with Gasteiger partial charge >= 0.3 is 6.18 Å². The van der Waals surface area contributed by atoms with Crippen molar-refractivity contribution >= 4 is 22.7 Å². The summed E-state index contributed by atoms with van der Waals surface area (Å²) in [5, 5.41) is -0.0753. The van der Waals surface area contributed by atoms with Gasteiger partial charge in [-0.05, 0) is 31.0 Å². The van der Waals surface area contributed by atoms with Gasteiger partial charge in [-0.15, -0.1) is 0 Å². The number of rotatable bonds is 12. The molecule has 0 aliphatic carbocycles. The standard InChI is InChI=1S/C23H29F3O3S/c1-3-4-5-6-7-8-13-22(2)20(15-21(28)30-22)29-16-19(27)14-17-9-11-18(12-10-17)23(24,25)26/h9-12,15H,3-8,13-14,16H2,1-2H3. The molecule has 1 aromatic rings. The molecule has 0 spiro atoms. The molecule has 0 N–H and O–H groups in total. The van der Waals surface area contributed by atoms with E-state index in [4.69, 9.17) is 4.74 Å². The zero-order valence-corrected chi connectivity index (χ0v) is 18.3. The highest BCUT2D eigenvalue weighted by atomic mass is 32.2. The smallest absolute Gasteiger partial charge is 0.416 e. The number of carbonyl (C=O) groups is 2. The Morgan fingerprint density at radius 2 is 1.70 bits per heavy atom. The van der Waals surface area contributed by atoms with Crippen molar-refractivity contribution in [3.63, 3.8) is 0 Å². The molecule has 0 aromatic heterocycles. The van der Waals surface area contributed by atoms with E-state index in [0.717, 1.165) is 31.4 Å². The molecule has 30 heavy (non-hydrogen) atoms. The Bertz CT molecular complexity index is 756. The van der Waals surface area contributed by atoms with E-state index < -0.39 is 16.5 Å². The van der Waals surface area contributed by atoms with Gasteiger partial charge in [0, 0.05) is 12.5 Å². The van der Waals surface area contributed by atoms with Gasteiger partial charge in [0.15, 0.2) is 5.78 Å². The van der Waals surface area contributed by atoms with Crippen LogP contribution in [-0.2, 0) is 26.9 Å². The van der Waals surface area contributed by atoms with Crippen molar-refractivity contribution in [2.75, 3.05) is 6.61 Å². The Balaban J connectivity index is 1.83. The number of Topliss-reactive ketones (excluding diaryl/α,β-unsaturated/α-hetero) is 1. The first-order valence-electron chi connectivity index (χ1n) is 10.4. The van der Waals surface area contributed by atoms with E-state index in [-0.39, 0.29) is 23.9 Å². The molecule has 7 heteroatoms. The molecule has 1 unspecified atom stereocenters. The van der Waals surface area contributed by atoms with Gasteiger partial charge in [-0.25, -0.2) is 0 Å². The van der Waals surface area contributed by atoms with E-state index in [9.17, 15) is 22.8 Å². The Morgan fingerprint density at radius 1 is 1.07 bits per heavy atom. The highest BCUT2D eigenvalue weighted by Crippen LogP contribution is 2.44. The topological polar surface area (TPSA) is 43.4 Å². The minimum Gasteiger partial charge on any atom is -0.489 e. The van der Waals surface area contributed by atoms with Crippen molar-refractivity contribution in [3.8, 4) is 0 Å². The van der Waals surface area contributed by atoms with E-state index in [2.05, 4.69) is 6.92 Å². The lowest BCUT2D eigenvalue weighted by Crippen LogP contribution is -2.24. The third-order valence-electron chi connectivity index (χ3n) is 5.17. The lowest BCUT2D eigenvalue weighted by Gasteiger charge is -2.26.